The topological polar surface area (TPSA) is 52.6 Å². The second kappa shape index (κ2) is 3.53. The fraction of sp³-hybridized carbons (Fsp3) is 0.714. The van der Waals surface area contributed by atoms with Gasteiger partial charge in [-0.15, -0.1) is 0 Å². The molecule has 4 nitrogen and oxygen atoms in total. The van der Waals surface area contributed by atoms with Crippen LogP contribution >= 0.6 is 23.2 Å². The second-order valence-electron chi connectivity index (χ2n) is 3.08. The molecule has 1 aliphatic rings. The molecule has 2 unspecified atom stereocenters. The summed E-state index contributed by atoms with van der Waals surface area (Å²) in [5.41, 5.74) is 0. The summed E-state index contributed by atoms with van der Waals surface area (Å²) in [6.45, 7) is 3.14. The molecular weight excluding hydrogens is 219 g/mol. The quantitative estimate of drug-likeness (QED) is 0.661. The molecule has 0 bridgehead atoms. The van der Waals surface area contributed by atoms with E-state index in [2.05, 4.69) is 0 Å². The number of hydrogen-bond acceptors (Lipinski definition) is 4. The van der Waals surface area contributed by atoms with Crippen molar-refractivity contribution >= 4 is 33.7 Å². The van der Waals surface area contributed by atoms with Gasteiger partial charge in [0.25, 0.3) is 10.5 Å². The Balaban J connectivity index is 2.83. The van der Waals surface area contributed by atoms with Gasteiger partial charge in [-0.05, 0) is 37.0 Å². The Morgan fingerprint density at radius 1 is 1.08 bits per heavy atom. The SMILES string of the molecule is CC1(C)OC(C(=O)Cl)C(C(=O)Cl)O1. The minimum atomic E-state index is -1.11. The molecule has 0 spiro atoms. The van der Waals surface area contributed by atoms with E-state index in [4.69, 9.17) is 32.7 Å². The van der Waals surface area contributed by atoms with Crippen LogP contribution in [-0.4, -0.2) is 28.5 Å². The zero-order valence-corrected chi connectivity index (χ0v) is 8.56. The van der Waals surface area contributed by atoms with Crippen LogP contribution < -0.4 is 0 Å². The van der Waals surface area contributed by atoms with E-state index < -0.39 is 28.5 Å². The highest BCUT2D eigenvalue weighted by Crippen LogP contribution is 2.30. The Labute approximate surface area is 85.1 Å². The molecule has 13 heavy (non-hydrogen) atoms. The number of carbonyl (C=O) groups is 2. The number of hydrogen-bond donors (Lipinski definition) is 0. The highest BCUT2D eigenvalue weighted by Gasteiger charge is 2.47. The van der Waals surface area contributed by atoms with E-state index in [1.54, 1.807) is 13.8 Å². The first-order valence-electron chi connectivity index (χ1n) is 3.58. The summed E-state index contributed by atoms with van der Waals surface area (Å²) in [5.74, 6) is -1.01. The average molecular weight is 227 g/mol. The van der Waals surface area contributed by atoms with Crippen LogP contribution in [0.2, 0.25) is 0 Å². The van der Waals surface area contributed by atoms with E-state index in [0.717, 1.165) is 0 Å². The third-order valence-electron chi connectivity index (χ3n) is 1.54. The number of ether oxygens (including phenoxy) is 2. The Bertz CT molecular complexity index is 227. The van der Waals surface area contributed by atoms with Gasteiger partial charge in [0.2, 0.25) is 0 Å². The summed E-state index contributed by atoms with van der Waals surface area (Å²) < 4.78 is 10.2. The first-order chi connectivity index (χ1) is 5.83. The Kier molecular flexibility index (Phi) is 2.97. The van der Waals surface area contributed by atoms with Gasteiger partial charge in [0.1, 0.15) is 0 Å². The smallest absolute Gasteiger partial charge is 0.253 e. The van der Waals surface area contributed by atoms with Crippen molar-refractivity contribution in [2.75, 3.05) is 0 Å². The Morgan fingerprint density at radius 2 is 1.38 bits per heavy atom. The predicted octanol–water partition coefficient (Wildman–Crippen LogP) is 1.04. The third-order valence-corrected chi connectivity index (χ3v) is 1.97. The number of halogens is 2. The molecular formula is C7H8Cl2O4. The van der Waals surface area contributed by atoms with Crippen molar-refractivity contribution in [2.45, 2.75) is 31.8 Å². The zero-order valence-electron chi connectivity index (χ0n) is 7.04. The molecule has 1 saturated heterocycles. The highest BCUT2D eigenvalue weighted by molar-refractivity contribution is 6.67. The molecule has 1 fully saturated rings. The van der Waals surface area contributed by atoms with E-state index in [1.807, 2.05) is 0 Å². The van der Waals surface area contributed by atoms with Gasteiger partial charge in [0.05, 0.1) is 0 Å². The lowest BCUT2D eigenvalue weighted by molar-refractivity contribution is -0.154. The van der Waals surface area contributed by atoms with Gasteiger partial charge in [-0.3, -0.25) is 9.59 Å². The molecule has 0 N–H and O–H groups in total. The molecule has 0 saturated carbocycles. The molecule has 0 aromatic carbocycles. The molecule has 0 aromatic rings. The summed E-state index contributed by atoms with van der Waals surface area (Å²) in [7, 11) is 0. The van der Waals surface area contributed by atoms with Gasteiger partial charge in [-0.2, -0.15) is 0 Å². The van der Waals surface area contributed by atoms with Crippen LogP contribution in [0.3, 0.4) is 0 Å². The molecule has 0 radical (unpaired) electrons. The van der Waals surface area contributed by atoms with E-state index in [-0.39, 0.29) is 0 Å². The van der Waals surface area contributed by atoms with Gasteiger partial charge < -0.3 is 9.47 Å². The summed E-state index contributed by atoms with van der Waals surface area (Å²) in [6, 6.07) is 0. The van der Waals surface area contributed by atoms with Crippen LogP contribution in [0.1, 0.15) is 13.8 Å². The van der Waals surface area contributed by atoms with Crippen LogP contribution in [0.5, 0.6) is 0 Å². The summed E-state index contributed by atoms with van der Waals surface area (Å²) >= 11 is 10.4. The Morgan fingerprint density at radius 3 is 1.62 bits per heavy atom. The van der Waals surface area contributed by atoms with Crippen LogP contribution in [-0.2, 0) is 19.1 Å². The van der Waals surface area contributed by atoms with Gasteiger partial charge in [-0.25, -0.2) is 0 Å². The van der Waals surface area contributed by atoms with Crippen molar-refractivity contribution in [3.05, 3.63) is 0 Å². The first-order valence-corrected chi connectivity index (χ1v) is 4.33. The average Bonchev–Trinajstić information content (AvgIpc) is 2.26. The van der Waals surface area contributed by atoms with Crippen molar-refractivity contribution in [2.24, 2.45) is 0 Å². The first kappa shape index (κ1) is 10.9. The number of rotatable bonds is 2. The van der Waals surface area contributed by atoms with E-state index >= 15 is 0 Å². The largest absolute Gasteiger partial charge is 0.335 e. The molecule has 74 valence electrons. The standard InChI is InChI=1S/C7H8Cl2O4/c1-7(2)12-3(5(8)10)4(13-7)6(9)11/h3-4H,1-2H3. The lowest BCUT2D eigenvalue weighted by Gasteiger charge is -2.15. The van der Waals surface area contributed by atoms with Crippen LogP contribution in [0.25, 0.3) is 0 Å². The highest BCUT2D eigenvalue weighted by atomic mass is 35.5. The summed E-state index contributed by atoms with van der Waals surface area (Å²) in [5, 5.41) is -1.57. The minimum Gasteiger partial charge on any atom is -0.335 e. The normalized spacial score (nSPS) is 31.7. The maximum atomic E-state index is 10.8. The van der Waals surface area contributed by atoms with E-state index in [9.17, 15) is 9.59 Å². The summed E-state index contributed by atoms with van der Waals surface area (Å²) in [4.78, 5) is 21.6. The number of carbonyl (C=O) groups excluding carboxylic acids is 2. The molecule has 2 atom stereocenters. The van der Waals surface area contributed by atoms with Gasteiger partial charge in [0, 0.05) is 0 Å². The van der Waals surface area contributed by atoms with Crippen LogP contribution in [0.15, 0.2) is 0 Å². The zero-order chi connectivity index (χ0) is 10.2. The minimum absolute atomic E-state index is 0.787. The van der Waals surface area contributed by atoms with Crippen molar-refractivity contribution in [3.8, 4) is 0 Å². The third kappa shape index (κ3) is 2.40. The van der Waals surface area contributed by atoms with E-state index in [0.29, 0.717) is 0 Å². The van der Waals surface area contributed by atoms with Crippen molar-refractivity contribution in [3.63, 3.8) is 0 Å². The molecule has 1 heterocycles. The second-order valence-corrected chi connectivity index (χ2v) is 3.83. The molecule has 0 aliphatic carbocycles. The van der Waals surface area contributed by atoms with Crippen molar-refractivity contribution < 1.29 is 19.1 Å². The molecule has 1 rings (SSSR count). The predicted molar refractivity (Wildman–Crippen MR) is 45.5 cm³/mol. The van der Waals surface area contributed by atoms with Gasteiger partial charge in [-0.1, -0.05) is 0 Å². The fourth-order valence-corrected chi connectivity index (χ4v) is 1.41. The molecule has 1 aliphatic heterocycles. The summed E-state index contributed by atoms with van der Waals surface area (Å²) in [6.07, 6.45) is -2.22. The van der Waals surface area contributed by atoms with Crippen molar-refractivity contribution in [1.29, 1.82) is 0 Å². The molecule has 0 amide bonds. The van der Waals surface area contributed by atoms with Crippen LogP contribution in [0.4, 0.5) is 0 Å². The molecule has 6 heteroatoms. The van der Waals surface area contributed by atoms with Crippen molar-refractivity contribution in [1.82, 2.24) is 0 Å². The van der Waals surface area contributed by atoms with Gasteiger partial charge >= 0.3 is 0 Å². The fourth-order valence-electron chi connectivity index (χ4n) is 1.09. The Hall–Kier alpha value is -0.160. The monoisotopic (exact) mass is 226 g/mol. The van der Waals surface area contributed by atoms with E-state index in [1.165, 1.54) is 0 Å². The lowest BCUT2D eigenvalue weighted by Crippen LogP contribution is -2.32. The maximum absolute atomic E-state index is 10.8. The van der Waals surface area contributed by atoms with Crippen LogP contribution in [0, 0.1) is 0 Å². The lowest BCUT2D eigenvalue weighted by atomic mass is 10.2. The van der Waals surface area contributed by atoms with Gasteiger partial charge in [0.15, 0.2) is 18.0 Å². The molecule has 0 aromatic heterocycles. The maximum Gasteiger partial charge on any atom is 0.253 e.